The van der Waals surface area contributed by atoms with Crippen molar-refractivity contribution in [3.8, 4) is 0 Å². The number of nitrogens with zero attached hydrogens (tertiary/aromatic N) is 4. The molecule has 2 atom stereocenters. The van der Waals surface area contributed by atoms with Gasteiger partial charge in [-0.3, -0.25) is 19.2 Å². The molecule has 2 amide bonds. The quantitative estimate of drug-likeness (QED) is 0.842. The SMILES string of the molecule is CCn1cc(N2C(=O)C3CCCN3C(=O)C2C(C)C)cn1. The number of anilines is 1. The van der Waals surface area contributed by atoms with Crippen LogP contribution in [0.3, 0.4) is 0 Å². The normalized spacial score (nSPS) is 25.9. The third-order valence-electron chi connectivity index (χ3n) is 4.44. The predicted molar refractivity (Wildman–Crippen MR) is 78.7 cm³/mol. The van der Waals surface area contributed by atoms with Crippen molar-refractivity contribution in [2.45, 2.75) is 52.2 Å². The second-order valence-corrected chi connectivity index (χ2v) is 6.14. The second-order valence-electron chi connectivity index (χ2n) is 6.14. The number of fused-ring (bicyclic) bond motifs is 1. The van der Waals surface area contributed by atoms with Crippen LogP contribution in [-0.4, -0.2) is 45.1 Å². The molecule has 2 unspecified atom stereocenters. The van der Waals surface area contributed by atoms with E-state index in [1.165, 1.54) is 0 Å². The molecule has 0 spiro atoms. The molecule has 3 rings (SSSR count). The zero-order chi connectivity index (χ0) is 15.1. The summed E-state index contributed by atoms with van der Waals surface area (Å²) in [6, 6.07) is -0.696. The maximum absolute atomic E-state index is 12.9. The zero-order valence-corrected chi connectivity index (χ0v) is 12.8. The lowest BCUT2D eigenvalue weighted by Crippen LogP contribution is -2.64. The number of amides is 2. The summed E-state index contributed by atoms with van der Waals surface area (Å²) < 4.78 is 1.78. The first kappa shape index (κ1) is 14.1. The van der Waals surface area contributed by atoms with Gasteiger partial charge in [0.25, 0.3) is 5.91 Å². The Balaban J connectivity index is 2.01. The lowest BCUT2D eigenvalue weighted by atomic mass is 9.95. The average Bonchev–Trinajstić information content (AvgIpc) is 3.10. The predicted octanol–water partition coefficient (Wildman–Crippen LogP) is 1.27. The Morgan fingerprint density at radius 1 is 1.33 bits per heavy atom. The van der Waals surface area contributed by atoms with Gasteiger partial charge in [0, 0.05) is 19.3 Å². The van der Waals surface area contributed by atoms with Crippen molar-refractivity contribution >= 4 is 17.5 Å². The monoisotopic (exact) mass is 290 g/mol. The van der Waals surface area contributed by atoms with E-state index in [4.69, 9.17) is 0 Å². The van der Waals surface area contributed by atoms with Gasteiger partial charge in [-0.05, 0) is 25.7 Å². The van der Waals surface area contributed by atoms with Gasteiger partial charge in [0.05, 0.1) is 11.9 Å². The summed E-state index contributed by atoms with van der Waals surface area (Å²) in [6.07, 6.45) is 5.22. The third-order valence-corrected chi connectivity index (χ3v) is 4.44. The maximum atomic E-state index is 12.9. The molecule has 1 aromatic heterocycles. The molecule has 6 nitrogen and oxygen atoms in total. The summed E-state index contributed by atoms with van der Waals surface area (Å²) >= 11 is 0. The summed E-state index contributed by atoms with van der Waals surface area (Å²) in [7, 11) is 0. The summed E-state index contributed by atoms with van der Waals surface area (Å²) in [6.45, 7) is 7.43. The van der Waals surface area contributed by atoms with E-state index in [1.54, 1.807) is 20.7 Å². The van der Waals surface area contributed by atoms with E-state index in [1.807, 2.05) is 27.0 Å². The van der Waals surface area contributed by atoms with E-state index in [9.17, 15) is 9.59 Å². The van der Waals surface area contributed by atoms with E-state index in [0.29, 0.717) is 6.54 Å². The number of piperazine rings is 1. The van der Waals surface area contributed by atoms with E-state index >= 15 is 0 Å². The highest BCUT2D eigenvalue weighted by Gasteiger charge is 2.49. The van der Waals surface area contributed by atoms with Crippen LogP contribution in [0.15, 0.2) is 12.4 Å². The van der Waals surface area contributed by atoms with Gasteiger partial charge in [0.2, 0.25) is 5.91 Å². The minimum absolute atomic E-state index is 0.0430. The third kappa shape index (κ3) is 2.13. The molecule has 0 aromatic carbocycles. The van der Waals surface area contributed by atoms with E-state index in [0.717, 1.165) is 25.1 Å². The molecule has 2 fully saturated rings. The summed E-state index contributed by atoms with van der Waals surface area (Å²) in [4.78, 5) is 29.1. The first-order valence-corrected chi connectivity index (χ1v) is 7.70. The first-order chi connectivity index (χ1) is 10.0. The number of aryl methyl sites for hydroxylation is 1. The lowest BCUT2D eigenvalue weighted by molar-refractivity contribution is -0.145. The Morgan fingerprint density at radius 2 is 2.10 bits per heavy atom. The second kappa shape index (κ2) is 5.16. The van der Waals surface area contributed by atoms with Crippen LogP contribution in [0.25, 0.3) is 0 Å². The Bertz CT molecular complexity index is 566. The number of hydrogen-bond acceptors (Lipinski definition) is 3. The molecule has 1 aromatic rings. The summed E-state index contributed by atoms with van der Waals surface area (Å²) in [5.74, 6) is 0.200. The number of hydrogen-bond donors (Lipinski definition) is 0. The van der Waals surface area contributed by atoms with Crippen LogP contribution in [0, 0.1) is 5.92 Å². The van der Waals surface area contributed by atoms with Crippen molar-refractivity contribution in [3.05, 3.63) is 12.4 Å². The summed E-state index contributed by atoms with van der Waals surface area (Å²) in [5, 5.41) is 4.25. The number of rotatable bonds is 3. The fourth-order valence-electron chi connectivity index (χ4n) is 3.39. The highest BCUT2D eigenvalue weighted by atomic mass is 16.2. The minimum Gasteiger partial charge on any atom is -0.329 e. The molecular weight excluding hydrogens is 268 g/mol. The van der Waals surface area contributed by atoms with E-state index in [2.05, 4.69) is 5.10 Å². The van der Waals surface area contributed by atoms with Crippen LogP contribution in [0.4, 0.5) is 5.69 Å². The summed E-state index contributed by atoms with van der Waals surface area (Å²) in [5.41, 5.74) is 0.737. The highest BCUT2D eigenvalue weighted by molar-refractivity contribution is 6.08. The highest BCUT2D eigenvalue weighted by Crippen LogP contribution is 2.33. The van der Waals surface area contributed by atoms with Gasteiger partial charge in [0.1, 0.15) is 12.1 Å². The molecule has 0 bridgehead atoms. The number of aromatic nitrogens is 2. The van der Waals surface area contributed by atoms with Crippen molar-refractivity contribution in [1.82, 2.24) is 14.7 Å². The smallest absolute Gasteiger partial charge is 0.250 e. The molecule has 3 heterocycles. The first-order valence-electron chi connectivity index (χ1n) is 7.70. The fourth-order valence-corrected chi connectivity index (χ4v) is 3.39. The van der Waals surface area contributed by atoms with Crippen LogP contribution < -0.4 is 4.90 Å². The molecule has 0 saturated carbocycles. The molecule has 2 aliphatic rings. The van der Waals surface area contributed by atoms with Gasteiger partial charge in [-0.1, -0.05) is 13.8 Å². The van der Waals surface area contributed by atoms with Gasteiger partial charge in [-0.15, -0.1) is 0 Å². The average molecular weight is 290 g/mol. The van der Waals surface area contributed by atoms with Crippen molar-refractivity contribution in [3.63, 3.8) is 0 Å². The molecule has 0 radical (unpaired) electrons. The largest absolute Gasteiger partial charge is 0.329 e. The minimum atomic E-state index is -0.415. The zero-order valence-electron chi connectivity index (χ0n) is 12.8. The topological polar surface area (TPSA) is 58.4 Å². The van der Waals surface area contributed by atoms with Crippen LogP contribution in [0.2, 0.25) is 0 Å². The van der Waals surface area contributed by atoms with Crippen LogP contribution in [-0.2, 0) is 16.1 Å². The maximum Gasteiger partial charge on any atom is 0.250 e. The van der Waals surface area contributed by atoms with Crippen molar-refractivity contribution in [2.24, 2.45) is 5.92 Å². The molecule has 114 valence electrons. The standard InChI is InChI=1S/C15H22N4O2/c1-4-17-9-11(8-16-17)19-13(10(2)3)15(21)18-7-5-6-12(18)14(19)20/h8-10,12-13H,4-7H2,1-3H3. The lowest BCUT2D eigenvalue weighted by Gasteiger charge is -2.43. The number of carbonyl (C=O) groups excluding carboxylic acids is 2. The van der Waals surface area contributed by atoms with Gasteiger partial charge < -0.3 is 4.90 Å². The van der Waals surface area contributed by atoms with Crippen LogP contribution >= 0.6 is 0 Å². The Hall–Kier alpha value is -1.85. The fraction of sp³-hybridized carbons (Fsp3) is 0.667. The molecule has 21 heavy (non-hydrogen) atoms. The van der Waals surface area contributed by atoms with E-state index in [-0.39, 0.29) is 23.8 Å². The molecule has 2 aliphatic heterocycles. The molecule has 0 aliphatic carbocycles. The Morgan fingerprint density at radius 3 is 2.71 bits per heavy atom. The van der Waals surface area contributed by atoms with Gasteiger partial charge in [-0.25, -0.2) is 0 Å². The molecule has 2 saturated heterocycles. The van der Waals surface area contributed by atoms with E-state index < -0.39 is 6.04 Å². The number of carbonyl (C=O) groups is 2. The van der Waals surface area contributed by atoms with Gasteiger partial charge in [0.15, 0.2) is 0 Å². The van der Waals surface area contributed by atoms with Crippen molar-refractivity contribution in [2.75, 3.05) is 11.4 Å². The van der Waals surface area contributed by atoms with Gasteiger partial charge >= 0.3 is 0 Å². The molecular formula is C15H22N4O2. The Labute approximate surface area is 124 Å². The van der Waals surface area contributed by atoms with Gasteiger partial charge in [-0.2, -0.15) is 5.10 Å². The molecule has 0 N–H and O–H groups in total. The van der Waals surface area contributed by atoms with Crippen LogP contribution in [0.5, 0.6) is 0 Å². The van der Waals surface area contributed by atoms with Crippen LogP contribution in [0.1, 0.15) is 33.6 Å². The van der Waals surface area contributed by atoms with Crippen molar-refractivity contribution in [1.29, 1.82) is 0 Å². The van der Waals surface area contributed by atoms with Crippen molar-refractivity contribution < 1.29 is 9.59 Å². The Kier molecular flexibility index (Phi) is 3.47. The molecule has 6 heteroatoms.